The van der Waals surface area contributed by atoms with Gasteiger partial charge in [0.2, 0.25) is 11.8 Å². The van der Waals surface area contributed by atoms with Gasteiger partial charge in [0.1, 0.15) is 22.1 Å². The van der Waals surface area contributed by atoms with Gasteiger partial charge in [0.05, 0.1) is 0 Å². The fourth-order valence-corrected chi connectivity index (χ4v) is 4.37. The summed E-state index contributed by atoms with van der Waals surface area (Å²) in [5.41, 5.74) is 0.0134. The van der Waals surface area contributed by atoms with Gasteiger partial charge >= 0.3 is 6.09 Å². The third kappa shape index (κ3) is 6.55. The Bertz CT molecular complexity index is 1210. The van der Waals surface area contributed by atoms with E-state index < -0.39 is 17.2 Å². The molecule has 2 heterocycles. The first-order chi connectivity index (χ1) is 16.9. The molecule has 0 aliphatic heterocycles. The molecular weight excluding hydrogens is 478 g/mol. The average molecular weight is 512 g/mol. The molecule has 0 saturated heterocycles. The van der Waals surface area contributed by atoms with Crippen LogP contribution in [0.15, 0.2) is 46.9 Å². The van der Waals surface area contributed by atoms with Crippen molar-refractivity contribution in [1.29, 1.82) is 0 Å². The van der Waals surface area contributed by atoms with Gasteiger partial charge in [-0.3, -0.25) is 0 Å². The molecule has 3 aromatic rings. The molecule has 1 fully saturated rings. The van der Waals surface area contributed by atoms with Crippen molar-refractivity contribution >= 4 is 23.5 Å². The van der Waals surface area contributed by atoms with Crippen LogP contribution < -0.4 is 10.2 Å². The summed E-state index contributed by atoms with van der Waals surface area (Å²) in [6.45, 7) is 10.5. The van der Waals surface area contributed by atoms with E-state index in [2.05, 4.69) is 32.3 Å². The number of carbonyl (C=O) groups excluding carboxylic acids is 1. The second-order valence-electron chi connectivity index (χ2n) is 10.9. The molecule has 1 aromatic carbocycles. The van der Waals surface area contributed by atoms with Crippen LogP contribution in [0.1, 0.15) is 52.5 Å². The summed E-state index contributed by atoms with van der Waals surface area (Å²) in [5, 5.41) is 11.9. The van der Waals surface area contributed by atoms with Crippen LogP contribution in [0.2, 0.25) is 5.15 Å². The number of hydrogen-bond acceptors (Lipinski definition) is 7. The van der Waals surface area contributed by atoms with E-state index in [-0.39, 0.29) is 5.89 Å². The predicted molar refractivity (Wildman–Crippen MR) is 140 cm³/mol. The van der Waals surface area contributed by atoms with Gasteiger partial charge in [-0.05, 0) is 63.6 Å². The number of anilines is 1. The molecule has 1 amide bonds. The summed E-state index contributed by atoms with van der Waals surface area (Å²) in [6, 6.07) is 13.4. The highest BCUT2D eigenvalue weighted by Gasteiger charge is 2.37. The van der Waals surface area contributed by atoms with Gasteiger partial charge in [0.15, 0.2) is 0 Å². The molecule has 2 unspecified atom stereocenters. The molecule has 1 aliphatic rings. The summed E-state index contributed by atoms with van der Waals surface area (Å²) in [7, 11) is 2.01. The number of amides is 1. The molecule has 1 N–H and O–H groups in total. The third-order valence-corrected chi connectivity index (χ3v) is 6.47. The van der Waals surface area contributed by atoms with E-state index in [1.54, 1.807) is 6.07 Å². The third-order valence-electron chi connectivity index (χ3n) is 6.28. The highest BCUT2D eigenvalue weighted by atomic mass is 35.5. The van der Waals surface area contributed by atoms with Crippen LogP contribution in [-0.2, 0) is 16.7 Å². The number of ether oxygens (including phenoxy) is 1. The Morgan fingerprint density at radius 2 is 1.89 bits per heavy atom. The summed E-state index contributed by atoms with van der Waals surface area (Å²) in [6.07, 6.45) is 1.10. The molecule has 192 valence electrons. The van der Waals surface area contributed by atoms with E-state index >= 15 is 0 Å². The minimum Gasteiger partial charge on any atom is -0.444 e. The Hall–Kier alpha value is -3.13. The van der Waals surface area contributed by atoms with E-state index in [9.17, 15) is 4.79 Å². The molecule has 3 atom stereocenters. The number of benzene rings is 1. The SMILES string of the molecule is CC1CC1CN(C)c1cc(-c2nnc([C@@](C)(Cc3ccccc3)NC(=O)OC(C)(C)C)o2)cc(Cl)n1. The smallest absolute Gasteiger partial charge is 0.408 e. The van der Waals surface area contributed by atoms with Crippen molar-refractivity contribution in [3.05, 3.63) is 59.1 Å². The Morgan fingerprint density at radius 1 is 1.19 bits per heavy atom. The molecule has 1 aliphatic carbocycles. The van der Waals surface area contributed by atoms with E-state index in [4.69, 9.17) is 20.8 Å². The quantitative estimate of drug-likeness (QED) is 0.378. The zero-order chi connectivity index (χ0) is 26.1. The van der Waals surface area contributed by atoms with Crippen molar-refractivity contribution in [3.8, 4) is 11.5 Å². The fourth-order valence-electron chi connectivity index (χ4n) is 4.17. The summed E-state index contributed by atoms with van der Waals surface area (Å²) in [4.78, 5) is 19.3. The van der Waals surface area contributed by atoms with Crippen molar-refractivity contribution in [1.82, 2.24) is 20.5 Å². The minimum atomic E-state index is -1.01. The van der Waals surface area contributed by atoms with Gasteiger partial charge in [-0.2, -0.15) is 0 Å². The Labute approximate surface area is 217 Å². The molecule has 8 nitrogen and oxygen atoms in total. The van der Waals surface area contributed by atoms with Crippen molar-refractivity contribution in [2.24, 2.45) is 11.8 Å². The topological polar surface area (TPSA) is 93.4 Å². The fraction of sp³-hybridized carbons (Fsp3) is 0.481. The van der Waals surface area contributed by atoms with Crippen LogP contribution in [0, 0.1) is 11.8 Å². The standard InChI is InChI=1S/C27H34ClN5O3/c1-17-12-20(17)16-33(6)22-14-19(13-21(28)29-22)23-31-32-24(35-23)27(5,15-18-10-8-7-9-11-18)30-25(34)36-26(2,3)4/h7-11,13-14,17,20H,12,15-16H2,1-6H3,(H,30,34)/t17?,20?,27-/m1/s1. The number of rotatable bonds is 8. The lowest BCUT2D eigenvalue weighted by atomic mass is 9.92. The highest BCUT2D eigenvalue weighted by Crippen LogP contribution is 2.39. The molecular formula is C27H34ClN5O3. The van der Waals surface area contributed by atoms with Crippen LogP contribution in [0.4, 0.5) is 10.6 Å². The lowest BCUT2D eigenvalue weighted by Crippen LogP contribution is -2.47. The van der Waals surface area contributed by atoms with Crippen molar-refractivity contribution < 1.29 is 13.9 Å². The molecule has 9 heteroatoms. The first-order valence-corrected chi connectivity index (χ1v) is 12.6. The van der Waals surface area contributed by atoms with Gasteiger partial charge in [-0.1, -0.05) is 48.9 Å². The van der Waals surface area contributed by atoms with Gasteiger partial charge in [0.25, 0.3) is 0 Å². The van der Waals surface area contributed by atoms with E-state index in [1.807, 2.05) is 71.1 Å². The van der Waals surface area contributed by atoms with Gasteiger partial charge in [-0.25, -0.2) is 9.78 Å². The number of nitrogens with zero attached hydrogens (tertiary/aromatic N) is 4. The Morgan fingerprint density at radius 3 is 2.53 bits per heavy atom. The first-order valence-electron chi connectivity index (χ1n) is 12.2. The number of halogens is 1. The molecule has 0 radical (unpaired) electrons. The Balaban J connectivity index is 1.62. The van der Waals surface area contributed by atoms with Gasteiger partial charge < -0.3 is 19.4 Å². The number of aromatic nitrogens is 3. The number of pyridine rings is 1. The highest BCUT2D eigenvalue weighted by molar-refractivity contribution is 6.29. The maximum absolute atomic E-state index is 12.7. The molecule has 1 saturated carbocycles. The average Bonchev–Trinajstić information content (AvgIpc) is 3.25. The van der Waals surface area contributed by atoms with Gasteiger partial charge in [0, 0.05) is 25.6 Å². The number of alkyl carbamates (subject to hydrolysis) is 1. The van der Waals surface area contributed by atoms with Crippen LogP contribution in [-0.4, -0.2) is 40.5 Å². The molecule has 36 heavy (non-hydrogen) atoms. The van der Waals surface area contributed by atoms with E-state index in [0.717, 1.165) is 23.8 Å². The largest absolute Gasteiger partial charge is 0.444 e. The van der Waals surface area contributed by atoms with Gasteiger partial charge in [-0.15, -0.1) is 10.2 Å². The minimum absolute atomic E-state index is 0.266. The zero-order valence-electron chi connectivity index (χ0n) is 21.7. The van der Waals surface area contributed by atoms with Crippen LogP contribution in [0.25, 0.3) is 11.5 Å². The lowest BCUT2D eigenvalue weighted by molar-refractivity contribution is 0.0443. The van der Waals surface area contributed by atoms with Crippen molar-refractivity contribution in [2.45, 2.75) is 58.6 Å². The predicted octanol–water partition coefficient (Wildman–Crippen LogP) is 5.86. The summed E-state index contributed by atoms with van der Waals surface area (Å²) >= 11 is 6.36. The van der Waals surface area contributed by atoms with Crippen molar-refractivity contribution in [3.63, 3.8) is 0 Å². The second-order valence-corrected chi connectivity index (χ2v) is 11.3. The lowest BCUT2D eigenvalue weighted by Gasteiger charge is -2.29. The van der Waals surface area contributed by atoms with E-state index in [1.165, 1.54) is 6.42 Å². The van der Waals surface area contributed by atoms with Crippen LogP contribution in [0.3, 0.4) is 0 Å². The maximum Gasteiger partial charge on any atom is 0.408 e. The molecule has 0 bridgehead atoms. The monoisotopic (exact) mass is 511 g/mol. The Kier molecular flexibility index (Phi) is 7.27. The number of carbonyl (C=O) groups is 1. The van der Waals surface area contributed by atoms with E-state index in [0.29, 0.717) is 28.9 Å². The number of hydrogen-bond donors (Lipinski definition) is 1. The second kappa shape index (κ2) is 10.1. The maximum atomic E-state index is 12.7. The van der Waals surface area contributed by atoms with Crippen LogP contribution >= 0.6 is 11.6 Å². The van der Waals surface area contributed by atoms with Crippen LogP contribution in [0.5, 0.6) is 0 Å². The normalized spacial score (nSPS) is 18.9. The zero-order valence-corrected chi connectivity index (χ0v) is 22.5. The molecule has 4 rings (SSSR count). The molecule has 2 aromatic heterocycles. The summed E-state index contributed by atoms with van der Waals surface area (Å²) in [5.74, 6) is 2.72. The summed E-state index contributed by atoms with van der Waals surface area (Å²) < 4.78 is 11.7. The number of nitrogens with one attached hydrogen (secondary N) is 1. The van der Waals surface area contributed by atoms with Crippen molar-refractivity contribution in [2.75, 3.05) is 18.5 Å². The first kappa shape index (κ1) is 25.9. The molecule has 0 spiro atoms.